The third-order valence-corrected chi connectivity index (χ3v) is 3.12. The summed E-state index contributed by atoms with van der Waals surface area (Å²) in [7, 11) is 0. The molecule has 0 aromatic heterocycles. The highest BCUT2D eigenvalue weighted by molar-refractivity contribution is 7.80. The second-order valence-electron chi connectivity index (χ2n) is 4.55. The second kappa shape index (κ2) is 5.95. The number of nitrogens with two attached hydrogens (primary N) is 1. The minimum absolute atomic E-state index is 0.0169. The van der Waals surface area contributed by atoms with Crippen LogP contribution in [0.15, 0.2) is 0 Å². The number of amides is 2. The molecule has 5 nitrogen and oxygen atoms in total. The van der Waals surface area contributed by atoms with Crippen LogP contribution in [0.4, 0.5) is 0 Å². The molecule has 3 N–H and O–H groups in total. The Morgan fingerprint density at radius 1 is 1.47 bits per heavy atom. The second-order valence-corrected chi connectivity index (χ2v) is 5.02. The summed E-state index contributed by atoms with van der Waals surface area (Å²) in [6, 6.07) is 0. The van der Waals surface area contributed by atoms with Gasteiger partial charge in [0.25, 0.3) is 0 Å². The van der Waals surface area contributed by atoms with E-state index >= 15 is 0 Å². The fourth-order valence-electron chi connectivity index (χ4n) is 1.92. The summed E-state index contributed by atoms with van der Waals surface area (Å²) in [6.45, 7) is 5.30. The highest BCUT2D eigenvalue weighted by atomic mass is 32.1. The molecule has 0 saturated carbocycles. The molecule has 0 bridgehead atoms. The standard InChI is InChI=1S/C11H19N3O2S/c1-7(2)9(10(12)17)11(16)14-5-3-8(15)13-4-6-14/h7,9H,3-6H2,1-2H3,(H2,12,17)(H,13,15). The zero-order valence-corrected chi connectivity index (χ0v) is 11.0. The smallest absolute Gasteiger partial charge is 0.232 e. The molecule has 0 radical (unpaired) electrons. The van der Waals surface area contributed by atoms with Gasteiger partial charge >= 0.3 is 0 Å². The quantitative estimate of drug-likeness (QED) is 0.692. The molecule has 1 saturated heterocycles. The van der Waals surface area contributed by atoms with Crippen molar-refractivity contribution in [3.8, 4) is 0 Å². The van der Waals surface area contributed by atoms with Crippen LogP contribution in [0.2, 0.25) is 0 Å². The maximum atomic E-state index is 12.3. The summed E-state index contributed by atoms with van der Waals surface area (Å²) >= 11 is 4.94. The maximum Gasteiger partial charge on any atom is 0.232 e. The van der Waals surface area contributed by atoms with Gasteiger partial charge in [-0.05, 0) is 5.92 Å². The van der Waals surface area contributed by atoms with Crippen LogP contribution in [0.3, 0.4) is 0 Å². The molecule has 1 atom stereocenters. The van der Waals surface area contributed by atoms with E-state index in [0.29, 0.717) is 26.1 Å². The first-order valence-electron chi connectivity index (χ1n) is 5.78. The molecular weight excluding hydrogens is 238 g/mol. The largest absolute Gasteiger partial charge is 0.393 e. The first kappa shape index (κ1) is 13.9. The van der Waals surface area contributed by atoms with E-state index in [1.165, 1.54) is 0 Å². The van der Waals surface area contributed by atoms with Gasteiger partial charge in [-0.2, -0.15) is 0 Å². The summed E-state index contributed by atoms with van der Waals surface area (Å²) in [5.74, 6) is -0.439. The number of hydrogen-bond donors (Lipinski definition) is 2. The Bertz CT molecular complexity index is 331. The van der Waals surface area contributed by atoms with E-state index in [4.69, 9.17) is 18.0 Å². The van der Waals surface area contributed by atoms with Crippen molar-refractivity contribution in [3.05, 3.63) is 0 Å². The van der Waals surface area contributed by atoms with Gasteiger partial charge in [0.05, 0.1) is 10.9 Å². The Kier molecular flexibility index (Phi) is 4.86. The lowest BCUT2D eigenvalue weighted by atomic mass is 9.94. The first-order chi connectivity index (χ1) is 7.93. The molecule has 1 fully saturated rings. The van der Waals surface area contributed by atoms with E-state index in [0.717, 1.165) is 0 Å². The molecule has 1 rings (SSSR count). The lowest BCUT2D eigenvalue weighted by Gasteiger charge is -2.27. The summed E-state index contributed by atoms with van der Waals surface area (Å²) in [5, 5.41) is 2.73. The van der Waals surface area contributed by atoms with Crippen LogP contribution in [0.1, 0.15) is 20.3 Å². The molecule has 0 aromatic rings. The van der Waals surface area contributed by atoms with Gasteiger partial charge in [-0.1, -0.05) is 26.1 Å². The average molecular weight is 257 g/mol. The monoisotopic (exact) mass is 257 g/mol. The molecule has 6 heteroatoms. The Morgan fingerprint density at radius 2 is 2.12 bits per heavy atom. The molecule has 1 aliphatic rings. The van der Waals surface area contributed by atoms with E-state index < -0.39 is 5.92 Å². The summed E-state index contributed by atoms with van der Waals surface area (Å²) < 4.78 is 0. The Hall–Kier alpha value is -1.17. The van der Waals surface area contributed by atoms with Gasteiger partial charge in [0, 0.05) is 26.1 Å². The number of nitrogens with one attached hydrogen (secondary N) is 1. The lowest BCUT2D eigenvalue weighted by Crippen LogP contribution is -2.44. The van der Waals surface area contributed by atoms with Crippen LogP contribution in [-0.4, -0.2) is 41.3 Å². The predicted octanol–water partition coefficient (Wildman–Crippen LogP) is -0.107. The van der Waals surface area contributed by atoms with Crippen LogP contribution in [0.25, 0.3) is 0 Å². The molecule has 2 amide bonds. The topological polar surface area (TPSA) is 75.4 Å². The van der Waals surface area contributed by atoms with Crippen molar-refractivity contribution in [2.45, 2.75) is 20.3 Å². The molecule has 17 heavy (non-hydrogen) atoms. The van der Waals surface area contributed by atoms with Gasteiger partial charge in [-0.15, -0.1) is 0 Å². The number of carbonyl (C=O) groups excluding carboxylic acids is 2. The molecule has 1 heterocycles. The van der Waals surface area contributed by atoms with Gasteiger partial charge in [-0.3, -0.25) is 9.59 Å². The Labute approximate surface area is 107 Å². The first-order valence-corrected chi connectivity index (χ1v) is 6.19. The van der Waals surface area contributed by atoms with Crippen molar-refractivity contribution in [1.29, 1.82) is 0 Å². The van der Waals surface area contributed by atoms with Crippen molar-refractivity contribution < 1.29 is 9.59 Å². The van der Waals surface area contributed by atoms with Crippen LogP contribution >= 0.6 is 12.2 Å². The number of hydrogen-bond acceptors (Lipinski definition) is 3. The van der Waals surface area contributed by atoms with Gasteiger partial charge in [0.1, 0.15) is 0 Å². The predicted molar refractivity (Wildman–Crippen MR) is 69.3 cm³/mol. The third-order valence-electron chi connectivity index (χ3n) is 2.86. The molecule has 0 spiro atoms. The normalized spacial score (nSPS) is 18.5. The van der Waals surface area contributed by atoms with Crippen molar-refractivity contribution >= 4 is 29.0 Å². The number of rotatable bonds is 3. The zero-order valence-electron chi connectivity index (χ0n) is 10.2. The van der Waals surface area contributed by atoms with E-state index in [1.54, 1.807) is 4.90 Å². The van der Waals surface area contributed by atoms with Crippen LogP contribution in [-0.2, 0) is 9.59 Å². The van der Waals surface area contributed by atoms with E-state index in [2.05, 4.69) is 5.32 Å². The number of nitrogens with zero attached hydrogens (tertiary/aromatic N) is 1. The molecule has 0 aromatic carbocycles. The number of carbonyl (C=O) groups is 2. The molecule has 1 unspecified atom stereocenters. The van der Waals surface area contributed by atoms with E-state index in [-0.39, 0.29) is 22.7 Å². The number of thiocarbonyl (C=S) groups is 1. The van der Waals surface area contributed by atoms with Gasteiger partial charge in [-0.25, -0.2) is 0 Å². The summed E-state index contributed by atoms with van der Waals surface area (Å²) in [6.07, 6.45) is 0.341. The SMILES string of the molecule is CC(C)C(C(=O)N1CCNC(=O)CC1)C(N)=S. The van der Waals surface area contributed by atoms with Gasteiger partial charge in [0.15, 0.2) is 0 Å². The zero-order chi connectivity index (χ0) is 13.0. The van der Waals surface area contributed by atoms with Gasteiger partial charge < -0.3 is 16.0 Å². The highest BCUT2D eigenvalue weighted by Crippen LogP contribution is 2.15. The van der Waals surface area contributed by atoms with Crippen LogP contribution < -0.4 is 11.1 Å². The average Bonchev–Trinajstić information content (AvgIpc) is 2.41. The van der Waals surface area contributed by atoms with Crippen LogP contribution in [0.5, 0.6) is 0 Å². The minimum Gasteiger partial charge on any atom is -0.393 e. The molecule has 96 valence electrons. The molecule has 0 aliphatic carbocycles. The van der Waals surface area contributed by atoms with E-state index in [9.17, 15) is 9.59 Å². The summed E-state index contributed by atoms with van der Waals surface area (Å²) in [4.78, 5) is 25.3. The molecular formula is C11H19N3O2S. The molecule has 1 aliphatic heterocycles. The fourth-order valence-corrected chi connectivity index (χ4v) is 2.29. The summed E-state index contributed by atoms with van der Waals surface area (Å²) in [5.41, 5.74) is 5.61. The highest BCUT2D eigenvalue weighted by Gasteiger charge is 2.30. The van der Waals surface area contributed by atoms with Crippen molar-refractivity contribution in [1.82, 2.24) is 10.2 Å². The maximum absolute atomic E-state index is 12.3. The van der Waals surface area contributed by atoms with Crippen molar-refractivity contribution in [2.75, 3.05) is 19.6 Å². The fraction of sp³-hybridized carbons (Fsp3) is 0.727. The lowest BCUT2D eigenvalue weighted by molar-refractivity contribution is -0.134. The van der Waals surface area contributed by atoms with Crippen molar-refractivity contribution in [2.24, 2.45) is 17.6 Å². The van der Waals surface area contributed by atoms with Crippen LogP contribution in [0, 0.1) is 11.8 Å². The Morgan fingerprint density at radius 3 is 2.65 bits per heavy atom. The van der Waals surface area contributed by atoms with Crippen molar-refractivity contribution in [3.63, 3.8) is 0 Å². The minimum atomic E-state index is -0.432. The third kappa shape index (κ3) is 3.66. The van der Waals surface area contributed by atoms with E-state index in [1.807, 2.05) is 13.8 Å². The van der Waals surface area contributed by atoms with Gasteiger partial charge in [0.2, 0.25) is 11.8 Å². The Balaban J connectivity index is 2.73.